The molecule has 13 heavy (non-hydrogen) atoms. The molecule has 0 aliphatic rings. The Morgan fingerprint density at radius 3 is 1.23 bits per heavy atom. The first-order valence-electron chi connectivity index (χ1n) is 1.50. The zero-order valence-corrected chi connectivity index (χ0v) is 9.73. The minimum atomic E-state index is -2.52. The van der Waals surface area contributed by atoms with Crippen LogP contribution in [-0.2, 0) is 5.58 Å². The van der Waals surface area contributed by atoms with Crippen LogP contribution in [0.3, 0.4) is 0 Å². The van der Waals surface area contributed by atoms with Crippen LogP contribution in [0.5, 0.6) is 0 Å². The molecular weight excluding hydrogens is 395 g/mol. The second-order valence-electron chi connectivity index (χ2n) is 0.713. The molecule has 0 unspecified atom stereocenters. The third-order valence-electron chi connectivity index (χ3n) is 0.224. The summed E-state index contributed by atoms with van der Waals surface area (Å²) in [6.07, 6.45) is 0. The van der Waals surface area contributed by atoms with E-state index >= 15 is 0 Å². The summed E-state index contributed by atoms with van der Waals surface area (Å²) < 4.78 is 7.21. The Morgan fingerprint density at radius 1 is 0.846 bits per heavy atom. The van der Waals surface area contributed by atoms with Crippen molar-refractivity contribution < 1.29 is 37.7 Å². The fourth-order valence-corrected chi connectivity index (χ4v) is 0.680. The molecule has 2 radical (unpaired) electrons. The summed E-state index contributed by atoms with van der Waals surface area (Å²) in [6, 6.07) is 0. The normalized spacial score (nSPS) is 5.54. The van der Waals surface area contributed by atoms with Gasteiger partial charge < -0.3 is 21.9 Å². The summed E-state index contributed by atoms with van der Waals surface area (Å²) in [4.78, 5) is 18.6. The number of nitrogens with zero attached hydrogens (tertiary/aromatic N) is 2. The van der Waals surface area contributed by atoms with Gasteiger partial charge in [-0.1, -0.05) is 0 Å². The molecule has 0 amide bonds. The van der Waals surface area contributed by atoms with E-state index in [4.69, 9.17) is 0 Å². The molecule has 12 nitrogen and oxygen atoms in total. The van der Waals surface area contributed by atoms with Crippen LogP contribution in [0.4, 0.5) is 0 Å². The third kappa shape index (κ3) is 35.2. The Hall–Kier alpha value is -0.838. The monoisotopic (exact) mass is 404 g/mol. The van der Waals surface area contributed by atoms with E-state index in [-0.39, 0.29) is 21.9 Å². The summed E-state index contributed by atoms with van der Waals surface area (Å²) in [5, 5.41) is 16.4. The van der Waals surface area contributed by atoms with Gasteiger partial charge >= 0.3 is 61.1 Å². The molecule has 0 aliphatic carbocycles. The van der Waals surface area contributed by atoms with Crippen molar-refractivity contribution in [3.63, 3.8) is 0 Å². The third-order valence-corrected chi connectivity index (χ3v) is 1.96. The van der Waals surface area contributed by atoms with Crippen molar-refractivity contribution in [2.75, 3.05) is 0 Å². The van der Waals surface area contributed by atoms with Crippen LogP contribution < -0.4 is 0 Å². The molecule has 0 atom stereocenters. The second kappa shape index (κ2) is 17.3. The molecule has 0 aromatic heterocycles. The van der Waals surface area contributed by atoms with Gasteiger partial charge in [-0.3, -0.25) is 0 Å². The van der Waals surface area contributed by atoms with Crippen LogP contribution >= 0.6 is 0 Å². The first-order valence-corrected chi connectivity index (χ1v) is 4.68. The van der Waals surface area contributed by atoms with Gasteiger partial charge in [0.15, 0.2) is 0 Å². The van der Waals surface area contributed by atoms with Crippen LogP contribution in [0.2, 0.25) is 0 Å². The molecule has 0 aromatic rings. The summed E-state index contributed by atoms with van der Waals surface area (Å²) >= 11 is -2.52. The Labute approximate surface area is 83.4 Å². The van der Waals surface area contributed by atoms with Gasteiger partial charge in [-0.2, -0.15) is 0 Å². The van der Waals surface area contributed by atoms with Gasteiger partial charge in [-0.05, 0) is 0 Å². The van der Waals surface area contributed by atoms with Gasteiger partial charge in [-0.15, -0.1) is 0 Å². The predicted molar refractivity (Wildman–Crippen MR) is 36.4 cm³/mol. The van der Waals surface area contributed by atoms with Gasteiger partial charge in [0.25, 0.3) is 0 Å². The zero-order chi connectivity index (χ0) is 7.28. The average Bonchev–Trinajstić information content (AvgIpc) is 1.63. The van der Waals surface area contributed by atoms with Crippen LogP contribution in [0.1, 0.15) is 0 Å². The molecular formula is H8N2O10Pb. The molecule has 13 heteroatoms. The van der Waals surface area contributed by atoms with Crippen molar-refractivity contribution in [3.8, 4) is 0 Å². The van der Waals surface area contributed by atoms with Crippen LogP contribution in [-0.4, -0.2) is 57.2 Å². The van der Waals surface area contributed by atoms with Gasteiger partial charge in [0, 0.05) is 0 Å². The van der Waals surface area contributed by atoms with Crippen molar-refractivity contribution >= 4 is 25.1 Å². The molecule has 0 rings (SSSR count). The molecule has 8 N–H and O–H groups in total. The molecule has 0 saturated heterocycles. The quantitative estimate of drug-likeness (QED) is 0.255. The number of hydrogen-bond acceptors (Lipinski definition) is 6. The summed E-state index contributed by atoms with van der Waals surface area (Å²) in [5.41, 5.74) is 0. The fraction of sp³-hybridized carbons (Fsp3) is 0. The molecule has 0 bridgehead atoms. The van der Waals surface area contributed by atoms with E-state index in [9.17, 15) is 20.2 Å². The van der Waals surface area contributed by atoms with E-state index in [2.05, 4.69) is 5.58 Å². The van der Waals surface area contributed by atoms with Crippen molar-refractivity contribution in [1.29, 1.82) is 0 Å². The molecule has 0 heterocycles. The van der Waals surface area contributed by atoms with Gasteiger partial charge in [-0.25, -0.2) is 0 Å². The molecule has 0 aromatic carbocycles. The molecule has 0 spiro atoms. The van der Waals surface area contributed by atoms with Crippen molar-refractivity contribution in [3.05, 3.63) is 20.2 Å². The fourth-order valence-electron chi connectivity index (χ4n) is 0.0775. The van der Waals surface area contributed by atoms with Gasteiger partial charge in [0.2, 0.25) is 0 Å². The van der Waals surface area contributed by atoms with Crippen LogP contribution in [0.25, 0.3) is 0 Å². The van der Waals surface area contributed by atoms with E-state index in [1.54, 1.807) is 0 Å². The second-order valence-corrected chi connectivity index (χ2v) is 2.78. The number of rotatable bonds is 4. The predicted octanol–water partition coefficient (Wildman–Crippen LogP) is -4.36. The van der Waals surface area contributed by atoms with E-state index in [1.165, 1.54) is 0 Å². The van der Waals surface area contributed by atoms with Gasteiger partial charge in [0.05, 0.1) is 0 Å². The van der Waals surface area contributed by atoms with Gasteiger partial charge in [0.1, 0.15) is 0 Å². The molecule has 82 valence electrons. The summed E-state index contributed by atoms with van der Waals surface area (Å²) in [5.74, 6) is 0. The minimum absolute atomic E-state index is 0. The van der Waals surface area contributed by atoms with E-state index in [0.29, 0.717) is 0 Å². The first kappa shape index (κ1) is 29.5. The Bertz CT molecular complexity index is 108. The molecule has 0 fully saturated rings. The maximum atomic E-state index is 9.31. The zero-order valence-electron chi connectivity index (χ0n) is 5.84. The Balaban J connectivity index is -0.0000000533. The Morgan fingerprint density at radius 2 is 1.08 bits per heavy atom. The van der Waals surface area contributed by atoms with E-state index < -0.39 is 35.3 Å². The average molecular weight is 403 g/mol. The van der Waals surface area contributed by atoms with Crippen molar-refractivity contribution in [2.45, 2.75) is 0 Å². The SMILES string of the molecule is O.O.O.O.O=[N+]([O-])[O][Pb][O][N+](=O)[O-]. The van der Waals surface area contributed by atoms with E-state index in [1.807, 2.05) is 0 Å². The van der Waals surface area contributed by atoms with Crippen LogP contribution in [0.15, 0.2) is 0 Å². The Kier molecular flexibility index (Phi) is 39.3. The standard InChI is InChI=1S/2NO3.4H2O.Pb/c2*2-1(3)4;;;;;/h;;4*1H2;/q2*-1;;;;;+2. The van der Waals surface area contributed by atoms with E-state index in [0.717, 1.165) is 0 Å². The summed E-state index contributed by atoms with van der Waals surface area (Å²) in [7, 11) is 0. The first-order chi connectivity index (χ1) is 4.13. The number of hydrogen-bond donors (Lipinski definition) is 0. The topological polar surface area (TPSA) is 231 Å². The van der Waals surface area contributed by atoms with Crippen molar-refractivity contribution in [1.82, 2.24) is 0 Å². The van der Waals surface area contributed by atoms with Crippen LogP contribution in [0, 0.1) is 20.2 Å². The molecule has 0 aliphatic heterocycles. The summed E-state index contributed by atoms with van der Waals surface area (Å²) in [6.45, 7) is 0. The van der Waals surface area contributed by atoms with Crippen molar-refractivity contribution in [2.24, 2.45) is 0 Å². The molecule has 0 saturated carbocycles. The maximum absolute atomic E-state index is 9.31.